The van der Waals surface area contributed by atoms with Crippen LogP contribution in [0.25, 0.3) is 0 Å². The quantitative estimate of drug-likeness (QED) is 0.284. The molecule has 0 aliphatic rings. The molecule has 0 heterocycles. The number of rotatable bonds is 11. The number of hydrogen-bond acceptors (Lipinski definition) is 3. The van der Waals surface area contributed by atoms with E-state index in [1.807, 2.05) is 0 Å². The third kappa shape index (κ3) is 14.9. The van der Waals surface area contributed by atoms with Crippen molar-refractivity contribution in [1.82, 2.24) is 0 Å². The zero-order valence-electron chi connectivity index (χ0n) is 18.9. The monoisotopic (exact) mass is 374 g/mol. The van der Waals surface area contributed by atoms with E-state index in [1.54, 1.807) is 0 Å². The van der Waals surface area contributed by atoms with Crippen molar-refractivity contribution in [1.29, 1.82) is 0 Å². The zero-order chi connectivity index (χ0) is 19.8. The summed E-state index contributed by atoms with van der Waals surface area (Å²) in [5, 5.41) is 0. The Morgan fingerprint density at radius 2 is 0.840 bits per heavy atom. The molecule has 0 unspecified atom stereocenters. The highest BCUT2D eigenvalue weighted by Crippen LogP contribution is 2.33. The predicted molar refractivity (Wildman–Crippen MR) is 111 cm³/mol. The largest absolute Gasteiger partial charge is 0.502 e. The fourth-order valence-corrected chi connectivity index (χ4v) is 6.83. The minimum Gasteiger partial charge on any atom is -0.368 e. The molecule has 0 rings (SSSR count). The average molecular weight is 375 g/mol. The summed E-state index contributed by atoms with van der Waals surface area (Å²) in [6, 6.07) is 0.895. The molecule has 0 saturated carbocycles. The molecule has 0 saturated heterocycles. The standard InChI is InChI=1S/C21H46O3Si/c1-11-12-13-14-15-16-17-18-25(22-19(2,3)4,23-20(5,6)7)24-21(8,9)10/h11-18H2,1-10H3. The maximum Gasteiger partial charge on any atom is 0.502 e. The van der Waals surface area contributed by atoms with Crippen molar-refractivity contribution in [2.24, 2.45) is 0 Å². The molecule has 0 radical (unpaired) electrons. The van der Waals surface area contributed by atoms with Crippen LogP contribution in [0.4, 0.5) is 0 Å². The summed E-state index contributed by atoms with van der Waals surface area (Å²) >= 11 is 0. The van der Waals surface area contributed by atoms with Crippen LogP contribution in [0.5, 0.6) is 0 Å². The second kappa shape index (κ2) is 10.4. The Bertz CT molecular complexity index is 307. The van der Waals surface area contributed by atoms with Gasteiger partial charge in [-0.2, -0.15) is 0 Å². The summed E-state index contributed by atoms with van der Waals surface area (Å²) < 4.78 is 19.6. The van der Waals surface area contributed by atoms with Crippen LogP contribution in [0.2, 0.25) is 6.04 Å². The van der Waals surface area contributed by atoms with E-state index in [1.165, 1.54) is 38.5 Å². The molecule has 152 valence electrons. The Morgan fingerprint density at radius 1 is 0.520 bits per heavy atom. The van der Waals surface area contributed by atoms with Crippen molar-refractivity contribution in [2.45, 2.75) is 137 Å². The van der Waals surface area contributed by atoms with E-state index >= 15 is 0 Å². The normalized spacial score (nSPS) is 14.2. The summed E-state index contributed by atoms with van der Waals surface area (Å²) in [7, 11) is -2.78. The molecule has 0 bridgehead atoms. The van der Waals surface area contributed by atoms with Crippen LogP contribution < -0.4 is 0 Å². The highest BCUT2D eigenvalue weighted by atomic mass is 28.4. The Labute approximate surface area is 159 Å². The minimum absolute atomic E-state index is 0.274. The molecule has 0 atom stereocenters. The highest BCUT2D eigenvalue weighted by molar-refractivity contribution is 6.61. The maximum absolute atomic E-state index is 6.52. The van der Waals surface area contributed by atoms with Gasteiger partial charge in [0.15, 0.2) is 0 Å². The van der Waals surface area contributed by atoms with Gasteiger partial charge in [-0.15, -0.1) is 0 Å². The average Bonchev–Trinajstić information content (AvgIpc) is 2.31. The van der Waals surface area contributed by atoms with Crippen molar-refractivity contribution in [3.05, 3.63) is 0 Å². The second-order valence-electron chi connectivity index (χ2n) is 10.2. The predicted octanol–water partition coefficient (Wildman–Crippen LogP) is 7.12. The molecule has 0 aliphatic carbocycles. The lowest BCUT2D eigenvalue weighted by Gasteiger charge is -2.43. The van der Waals surface area contributed by atoms with Gasteiger partial charge in [-0.3, -0.25) is 0 Å². The lowest BCUT2D eigenvalue weighted by atomic mass is 10.1. The van der Waals surface area contributed by atoms with Gasteiger partial charge >= 0.3 is 8.80 Å². The molecule has 0 N–H and O–H groups in total. The summed E-state index contributed by atoms with van der Waals surface area (Å²) in [5.41, 5.74) is -0.822. The molecule has 0 spiro atoms. The van der Waals surface area contributed by atoms with Gasteiger partial charge in [0.25, 0.3) is 0 Å². The molecule has 4 heteroatoms. The first-order chi connectivity index (χ1) is 11.2. The summed E-state index contributed by atoms with van der Waals surface area (Å²) in [4.78, 5) is 0. The van der Waals surface area contributed by atoms with Crippen LogP contribution in [0.3, 0.4) is 0 Å². The van der Waals surface area contributed by atoms with Crippen LogP contribution in [0, 0.1) is 0 Å². The molecule has 0 amide bonds. The SMILES string of the molecule is CCCCCCCCC[Si](OC(C)(C)C)(OC(C)(C)C)OC(C)(C)C. The van der Waals surface area contributed by atoms with Crippen LogP contribution in [0.1, 0.15) is 114 Å². The van der Waals surface area contributed by atoms with Gasteiger partial charge < -0.3 is 13.3 Å². The third-order valence-corrected chi connectivity index (χ3v) is 7.21. The van der Waals surface area contributed by atoms with Crippen molar-refractivity contribution in [3.63, 3.8) is 0 Å². The van der Waals surface area contributed by atoms with Gasteiger partial charge in [-0.1, -0.05) is 45.4 Å². The maximum atomic E-state index is 6.52. The Morgan fingerprint density at radius 3 is 1.16 bits per heavy atom. The van der Waals surface area contributed by atoms with Crippen molar-refractivity contribution in [2.75, 3.05) is 0 Å². The van der Waals surface area contributed by atoms with Gasteiger partial charge in [0.05, 0.1) is 16.8 Å². The molecular weight excluding hydrogens is 328 g/mol. The van der Waals surface area contributed by atoms with Gasteiger partial charge in [-0.25, -0.2) is 0 Å². The van der Waals surface area contributed by atoms with E-state index in [2.05, 4.69) is 69.2 Å². The summed E-state index contributed by atoms with van der Waals surface area (Å²) in [6.07, 6.45) is 8.98. The van der Waals surface area contributed by atoms with Gasteiger partial charge in [0.1, 0.15) is 0 Å². The molecular formula is C21H46O3Si. The van der Waals surface area contributed by atoms with E-state index in [9.17, 15) is 0 Å². The van der Waals surface area contributed by atoms with Gasteiger partial charge in [-0.05, 0) is 68.7 Å². The Kier molecular flexibility index (Phi) is 10.5. The van der Waals surface area contributed by atoms with Crippen molar-refractivity contribution < 1.29 is 13.3 Å². The van der Waals surface area contributed by atoms with Crippen LogP contribution >= 0.6 is 0 Å². The van der Waals surface area contributed by atoms with Crippen LogP contribution in [0.15, 0.2) is 0 Å². The van der Waals surface area contributed by atoms with E-state index in [0.29, 0.717) is 0 Å². The topological polar surface area (TPSA) is 27.7 Å². The fraction of sp³-hybridized carbons (Fsp3) is 1.00. The number of unbranched alkanes of at least 4 members (excludes halogenated alkanes) is 6. The van der Waals surface area contributed by atoms with E-state index < -0.39 is 8.80 Å². The highest BCUT2D eigenvalue weighted by Gasteiger charge is 2.49. The molecule has 0 aromatic carbocycles. The first-order valence-electron chi connectivity index (χ1n) is 10.3. The summed E-state index contributed by atoms with van der Waals surface area (Å²) in [5.74, 6) is 0. The third-order valence-electron chi connectivity index (χ3n) is 3.47. The molecule has 0 fully saturated rings. The molecule has 3 nitrogen and oxygen atoms in total. The van der Waals surface area contributed by atoms with Crippen molar-refractivity contribution >= 4 is 8.80 Å². The van der Waals surface area contributed by atoms with Crippen LogP contribution in [-0.2, 0) is 13.3 Å². The van der Waals surface area contributed by atoms with E-state index in [4.69, 9.17) is 13.3 Å². The Balaban J connectivity index is 4.99. The van der Waals surface area contributed by atoms with Crippen molar-refractivity contribution in [3.8, 4) is 0 Å². The van der Waals surface area contributed by atoms with Crippen LogP contribution in [-0.4, -0.2) is 25.6 Å². The molecule has 0 aliphatic heterocycles. The molecule has 25 heavy (non-hydrogen) atoms. The lowest BCUT2D eigenvalue weighted by Crippen LogP contribution is -2.57. The van der Waals surface area contributed by atoms with E-state index in [-0.39, 0.29) is 16.8 Å². The first-order valence-corrected chi connectivity index (χ1v) is 12.2. The number of hydrogen-bond donors (Lipinski definition) is 0. The molecule has 0 aromatic rings. The first kappa shape index (κ1) is 25.1. The van der Waals surface area contributed by atoms with Gasteiger partial charge in [0.2, 0.25) is 0 Å². The Hall–Kier alpha value is 0.0969. The van der Waals surface area contributed by atoms with E-state index in [0.717, 1.165) is 12.5 Å². The van der Waals surface area contributed by atoms with Gasteiger partial charge in [0, 0.05) is 6.04 Å². The smallest absolute Gasteiger partial charge is 0.368 e. The zero-order valence-corrected chi connectivity index (χ0v) is 19.9. The minimum atomic E-state index is -2.78. The fourth-order valence-electron chi connectivity index (χ4n) is 2.91. The summed E-state index contributed by atoms with van der Waals surface area (Å²) in [6.45, 7) is 21.1. The molecule has 0 aromatic heterocycles. The second-order valence-corrected chi connectivity index (χ2v) is 12.7. The lowest BCUT2D eigenvalue weighted by molar-refractivity contribution is -0.0755.